The molecule has 1 aromatic rings. The van der Waals surface area contributed by atoms with Crippen LogP contribution in [-0.4, -0.2) is 37.8 Å². The molecule has 4 heteroatoms. The molecule has 0 saturated carbocycles. The van der Waals surface area contributed by atoms with Crippen molar-refractivity contribution in [3.8, 4) is 0 Å². The first-order valence-electron chi connectivity index (χ1n) is 9.60. The number of hydrogen-bond acceptors (Lipinski definition) is 3. The van der Waals surface area contributed by atoms with Crippen LogP contribution in [0.3, 0.4) is 0 Å². The van der Waals surface area contributed by atoms with Gasteiger partial charge >= 0.3 is 6.09 Å². The molecule has 1 fully saturated rings. The van der Waals surface area contributed by atoms with Gasteiger partial charge in [0.15, 0.2) is 0 Å². The van der Waals surface area contributed by atoms with Gasteiger partial charge in [0, 0.05) is 25.6 Å². The molecule has 1 aliphatic heterocycles. The van der Waals surface area contributed by atoms with Gasteiger partial charge < -0.3 is 14.4 Å². The van der Waals surface area contributed by atoms with Gasteiger partial charge in [-0.3, -0.25) is 0 Å². The van der Waals surface area contributed by atoms with E-state index in [1.54, 1.807) is 4.90 Å². The molecule has 2 atom stereocenters. The Bertz CT molecular complexity index is 618. The van der Waals surface area contributed by atoms with E-state index in [0.29, 0.717) is 11.8 Å². The van der Waals surface area contributed by atoms with Crippen LogP contribution < -0.4 is 0 Å². The number of benzene rings is 1. The van der Waals surface area contributed by atoms with Crippen LogP contribution in [0.4, 0.5) is 4.79 Å². The minimum atomic E-state index is -0.207. The number of amides is 1. The number of nitrogens with zero attached hydrogens (tertiary/aromatic N) is 1. The molecular weight excluding hydrogens is 326 g/mol. The number of ether oxygens (including phenoxy) is 2. The number of carbonyl (C=O) groups is 1. The molecule has 3 rings (SSSR count). The van der Waals surface area contributed by atoms with Gasteiger partial charge in [0.05, 0.1) is 13.2 Å². The maximum absolute atomic E-state index is 11.6. The summed E-state index contributed by atoms with van der Waals surface area (Å²) in [6.45, 7) is 2.34. The Morgan fingerprint density at radius 1 is 1.19 bits per heavy atom. The van der Waals surface area contributed by atoms with Gasteiger partial charge in [-0.05, 0) is 37.2 Å². The summed E-state index contributed by atoms with van der Waals surface area (Å²) in [7, 11) is 1.45. The lowest BCUT2D eigenvalue weighted by atomic mass is 9.90. The maximum Gasteiger partial charge on any atom is 0.409 e. The summed E-state index contributed by atoms with van der Waals surface area (Å²) in [6, 6.07) is 10.5. The maximum atomic E-state index is 11.6. The Kier molecular flexibility index (Phi) is 6.89. The fraction of sp³-hybridized carbons (Fsp3) is 0.500. The van der Waals surface area contributed by atoms with E-state index < -0.39 is 0 Å². The van der Waals surface area contributed by atoms with Crippen LogP contribution >= 0.6 is 0 Å². The molecule has 0 spiro atoms. The van der Waals surface area contributed by atoms with Gasteiger partial charge in [0.2, 0.25) is 0 Å². The number of methoxy groups -OCH3 is 1. The Labute approximate surface area is 156 Å². The first-order chi connectivity index (χ1) is 12.8. The second-order valence-electron chi connectivity index (χ2n) is 7.10. The molecule has 4 nitrogen and oxygen atoms in total. The van der Waals surface area contributed by atoms with E-state index in [4.69, 9.17) is 9.47 Å². The molecule has 0 bridgehead atoms. The molecule has 1 saturated heterocycles. The molecule has 2 aliphatic rings. The number of likely N-dealkylation sites (tertiary alicyclic amines) is 1. The van der Waals surface area contributed by atoms with Crippen molar-refractivity contribution in [1.29, 1.82) is 0 Å². The molecular formula is C22H29NO3. The first-order valence-corrected chi connectivity index (χ1v) is 9.60. The summed E-state index contributed by atoms with van der Waals surface area (Å²) in [6.07, 6.45) is 12.7. The largest absolute Gasteiger partial charge is 0.453 e. The van der Waals surface area contributed by atoms with Crippen LogP contribution in [0.2, 0.25) is 0 Å². The van der Waals surface area contributed by atoms with Crippen LogP contribution in [0.5, 0.6) is 0 Å². The standard InChI is InChI=1S/C22H29NO3/c1-25-22(24)23-15-12-18(13-16-23)14-17-26-21(19-8-4-2-5-9-19)20-10-6-3-7-11-20/h2-10,18,20-21H,11-17H2,1H3. The first kappa shape index (κ1) is 18.7. The highest BCUT2D eigenvalue weighted by Gasteiger charge is 2.25. The minimum absolute atomic E-state index is 0.104. The highest BCUT2D eigenvalue weighted by atomic mass is 16.5. The number of hydrogen-bond donors (Lipinski definition) is 0. The molecule has 0 radical (unpaired) electrons. The summed E-state index contributed by atoms with van der Waals surface area (Å²) >= 11 is 0. The van der Waals surface area contributed by atoms with Crippen molar-refractivity contribution in [3.63, 3.8) is 0 Å². The molecule has 0 aromatic heterocycles. The zero-order valence-electron chi connectivity index (χ0n) is 15.5. The number of rotatable bonds is 6. The third-order valence-electron chi connectivity index (χ3n) is 5.40. The molecule has 26 heavy (non-hydrogen) atoms. The van der Waals surface area contributed by atoms with Gasteiger partial charge in [-0.15, -0.1) is 0 Å². The number of allylic oxidation sites excluding steroid dienone is 3. The summed E-state index contributed by atoms with van der Waals surface area (Å²) < 4.78 is 11.2. The number of carbonyl (C=O) groups excluding carboxylic acids is 1. The quantitative estimate of drug-likeness (QED) is 0.739. The van der Waals surface area contributed by atoms with Gasteiger partial charge in [0.1, 0.15) is 0 Å². The van der Waals surface area contributed by atoms with E-state index in [0.717, 1.165) is 45.4 Å². The molecule has 140 valence electrons. The van der Waals surface area contributed by atoms with Gasteiger partial charge in [-0.2, -0.15) is 0 Å². The summed E-state index contributed by atoms with van der Waals surface area (Å²) in [5.41, 5.74) is 1.25. The Balaban J connectivity index is 1.50. The Hall–Kier alpha value is -2.07. The lowest BCUT2D eigenvalue weighted by Gasteiger charge is -2.32. The fourth-order valence-corrected chi connectivity index (χ4v) is 3.83. The minimum Gasteiger partial charge on any atom is -0.453 e. The second kappa shape index (κ2) is 9.58. The second-order valence-corrected chi connectivity index (χ2v) is 7.10. The average molecular weight is 355 g/mol. The predicted molar refractivity (Wildman–Crippen MR) is 103 cm³/mol. The van der Waals surface area contributed by atoms with Crippen molar-refractivity contribution in [2.24, 2.45) is 11.8 Å². The molecule has 1 aromatic carbocycles. The van der Waals surface area contributed by atoms with E-state index in [1.807, 2.05) is 6.07 Å². The van der Waals surface area contributed by atoms with Crippen molar-refractivity contribution in [2.45, 2.75) is 31.8 Å². The average Bonchev–Trinajstić information content (AvgIpc) is 2.72. The molecule has 1 aliphatic carbocycles. The van der Waals surface area contributed by atoms with Crippen LogP contribution in [0.1, 0.15) is 37.4 Å². The Morgan fingerprint density at radius 3 is 2.62 bits per heavy atom. The van der Waals surface area contributed by atoms with Crippen LogP contribution in [0, 0.1) is 11.8 Å². The van der Waals surface area contributed by atoms with Crippen molar-refractivity contribution in [1.82, 2.24) is 4.90 Å². The third kappa shape index (κ3) is 4.98. The van der Waals surface area contributed by atoms with Crippen LogP contribution in [0.15, 0.2) is 54.6 Å². The van der Waals surface area contributed by atoms with E-state index in [-0.39, 0.29) is 12.2 Å². The fourth-order valence-electron chi connectivity index (χ4n) is 3.83. The van der Waals surface area contributed by atoms with Crippen molar-refractivity contribution < 1.29 is 14.3 Å². The van der Waals surface area contributed by atoms with Gasteiger partial charge in [-0.25, -0.2) is 4.79 Å². The van der Waals surface area contributed by atoms with E-state index >= 15 is 0 Å². The Morgan fingerprint density at radius 2 is 1.96 bits per heavy atom. The lowest BCUT2D eigenvalue weighted by molar-refractivity contribution is 0.0127. The molecule has 2 unspecified atom stereocenters. The van der Waals surface area contributed by atoms with E-state index in [2.05, 4.69) is 48.6 Å². The number of piperidine rings is 1. The molecule has 1 heterocycles. The van der Waals surface area contributed by atoms with Crippen LogP contribution in [-0.2, 0) is 9.47 Å². The lowest BCUT2D eigenvalue weighted by Crippen LogP contribution is -2.38. The summed E-state index contributed by atoms with van der Waals surface area (Å²) in [5.74, 6) is 1.01. The SMILES string of the molecule is COC(=O)N1CCC(CCOC(c2ccccc2)C2C=CC=CC2)CC1. The molecule has 0 N–H and O–H groups in total. The van der Waals surface area contributed by atoms with E-state index in [1.165, 1.54) is 12.7 Å². The topological polar surface area (TPSA) is 38.8 Å². The van der Waals surface area contributed by atoms with Gasteiger partial charge in [0.25, 0.3) is 0 Å². The highest BCUT2D eigenvalue weighted by molar-refractivity contribution is 5.67. The van der Waals surface area contributed by atoms with E-state index in [9.17, 15) is 4.79 Å². The highest BCUT2D eigenvalue weighted by Crippen LogP contribution is 2.32. The van der Waals surface area contributed by atoms with Crippen molar-refractivity contribution in [2.75, 3.05) is 26.8 Å². The van der Waals surface area contributed by atoms with Crippen molar-refractivity contribution >= 4 is 6.09 Å². The molecule has 1 amide bonds. The normalized spacial score (nSPS) is 21.6. The smallest absolute Gasteiger partial charge is 0.409 e. The van der Waals surface area contributed by atoms with Crippen molar-refractivity contribution in [3.05, 3.63) is 60.2 Å². The zero-order valence-corrected chi connectivity index (χ0v) is 15.5. The predicted octanol–water partition coefficient (Wildman–Crippen LogP) is 4.75. The summed E-state index contributed by atoms with van der Waals surface area (Å²) in [5, 5.41) is 0. The third-order valence-corrected chi connectivity index (χ3v) is 5.40. The van der Waals surface area contributed by atoms with Gasteiger partial charge in [-0.1, -0.05) is 54.6 Å². The van der Waals surface area contributed by atoms with Crippen LogP contribution in [0.25, 0.3) is 0 Å². The zero-order chi connectivity index (χ0) is 18.2. The summed E-state index contributed by atoms with van der Waals surface area (Å²) in [4.78, 5) is 13.4. The monoisotopic (exact) mass is 355 g/mol.